The van der Waals surface area contributed by atoms with Gasteiger partial charge in [0.2, 0.25) is 11.5 Å². The van der Waals surface area contributed by atoms with Crippen molar-refractivity contribution in [3.8, 4) is 11.5 Å². The average Bonchev–Trinajstić information content (AvgIpc) is 3.17. The molecule has 4 fully saturated rings. The Morgan fingerprint density at radius 1 is 0.922 bits per heavy atom. The molecule has 4 aliphatic heterocycles. The van der Waals surface area contributed by atoms with Crippen LogP contribution in [0.25, 0.3) is 10.9 Å². The van der Waals surface area contributed by atoms with E-state index in [0.717, 1.165) is 69.0 Å². The number of benzene rings is 3. The summed E-state index contributed by atoms with van der Waals surface area (Å²) in [6.07, 6.45) is 7.15. The van der Waals surface area contributed by atoms with E-state index in [1.165, 1.54) is 43.6 Å². The zero-order valence-electron chi connectivity index (χ0n) is 29.5. The molecule has 1 aromatic heterocycles. The van der Waals surface area contributed by atoms with E-state index in [2.05, 4.69) is 50.4 Å². The fourth-order valence-electron chi connectivity index (χ4n) is 8.78. The van der Waals surface area contributed by atoms with E-state index in [9.17, 15) is 19.8 Å². The summed E-state index contributed by atoms with van der Waals surface area (Å²) in [4.78, 5) is 33.1. The second kappa shape index (κ2) is 16.4. The number of hydrogen-bond donors (Lipinski definition) is 4. The van der Waals surface area contributed by atoms with Crippen LogP contribution >= 0.6 is 0 Å². The van der Waals surface area contributed by atoms with E-state index < -0.39 is 6.10 Å². The molecule has 5 heterocycles. The molecule has 4 aromatic rings. The van der Waals surface area contributed by atoms with Crippen molar-refractivity contribution in [2.24, 2.45) is 11.8 Å². The Morgan fingerprint density at radius 3 is 2.49 bits per heavy atom. The molecule has 4 atom stereocenters. The van der Waals surface area contributed by atoms with Crippen molar-refractivity contribution in [1.82, 2.24) is 20.1 Å². The number of phenolic OH excluding ortho intramolecular Hbond substituents is 1. The molecule has 4 saturated heterocycles. The number of aliphatic hydroxyl groups excluding tert-OH is 1. The predicted octanol–water partition coefficient (Wildman–Crippen LogP) is 5.77. The molecule has 270 valence electrons. The molecule has 9 nitrogen and oxygen atoms in total. The van der Waals surface area contributed by atoms with Crippen LogP contribution < -0.4 is 15.6 Å². The molecule has 3 aromatic carbocycles. The van der Waals surface area contributed by atoms with Crippen molar-refractivity contribution >= 4 is 16.8 Å². The molecule has 4 aliphatic rings. The largest absolute Gasteiger partial charge is 0.506 e. The summed E-state index contributed by atoms with van der Waals surface area (Å²) in [5, 5.41) is 24.8. The number of carbonyl (C=O) groups is 1. The number of amides is 1. The van der Waals surface area contributed by atoms with E-state index in [0.29, 0.717) is 53.9 Å². The highest BCUT2D eigenvalue weighted by atomic mass is 16.5. The summed E-state index contributed by atoms with van der Waals surface area (Å²) in [5.74, 6) is 2.88. The second-order valence-corrected chi connectivity index (χ2v) is 14.8. The maximum atomic E-state index is 13.9. The molecule has 0 aliphatic carbocycles. The Morgan fingerprint density at radius 2 is 1.73 bits per heavy atom. The normalized spacial score (nSPS) is 23.7. The minimum Gasteiger partial charge on any atom is -0.506 e. The lowest BCUT2D eigenvalue weighted by Gasteiger charge is -2.52. The van der Waals surface area contributed by atoms with Gasteiger partial charge in [-0.3, -0.25) is 9.59 Å². The number of aromatic nitrogens is 1. The summed E-state index contributed by atoms with van der Waals surface area (Å²) >= 11 is 0. The van der Waals surface area contributed by atoms with Crippen molar-refractivity contribution in [3.05, 3.63) is 106 Å². The number of H-pyrrole nitrogens is 1. The third-order valence-electron chi connectivity index (χ3n) is 11.6. The molecule has 4 unspecified atom stereocenters. The Labute approximate surface area is 300 Å². The van der Waals surface area contributed by atoms with Crippen LogP contribution in [0.1, 0.15) is 73.7 Å². The van der Waals surface area contributed by atoms with E-state index in [4.69, 9.17) is 4.74 Å². The summed E-state index contributed by atoms with van der Waals surface area (Å²) < 4.78 is 6.02. The summed E-state index contributed by atoms with van der Waals surface area (Å²) in [6.45, 7) is 6.16. The van der Waals surface area contributed by atoms with Gasteiger partial charge < -0.3 is 35.1 Å². The third kappa shape index (κ3) is 8.49. The summed E-state index contributed by atoms with van der Waals surface area (Å²) in [5.41, 5.74) is 3.15. The molecule has 0 spiro atoms. The van der Waals surface area contributed by atoms with Crippen molar-refractivity contribution in [2.75, 3.05) is 45.9 Å². The SMILES string of the molecule is O=C(Cc1ccc(OCCCCCNCC(O)c2ccc(O)c3[nH]c(=O)ccc23)cc1)N1CCC(c2ccccc2)CC1C1CN2CCC1CC2. The molecule has 1 amide bonds. The molecule has 8 rings (SSSR count). The number of fused-ring (bicyclic) bond motifs is 4. The maximum Gasteiger partial charge on any atom is 0.248 e. The van der Waals surface area contributed by atoms with Gasteiger partial charge in [0, 0.05) is 37.1 Å². The molecule has 0 saturated carbocycles. The number of aromatic hydroxyl groups is 1. The summed E-state index contributed by atoms with van der Waals surface area (Å²) in [7, 11) is 0. The number of aromatic amines is 1. The van der Waals surface area contributed by atoms with Gasteiger partial charge in [0.15, 0.2) is 0 Å². The number of aliphatic hydroxyl groups is 1. The van der Waals surface area contributed by atoms with Crippen molar-refractivity contribution in [3.63, 3.8) is 0 Å². The average molecular weight is 693 g/mol. The molecule has 0 radical (unpaired) electrons. The Balaban J connectivity index is 0.838. The number of nitrogens with one attached hydrogen (secondary N) is 2. The first kappa shape index (κ1) is 35.2. The number of unbranched alkanes of at least 4 members (excludes halogenated alkanes) is 2. The van der Waals surface area contributed by atoms with E-state index in [1.807, 2.05) is 24.3 Å². The van der Waals surface area contributed by atoms with Crippen molar-refractivity contribution in [2.45, 2.75) is 69.4 Å². The number of hydrogen-bond acceptors (Lipinski definition) is 7. The number of pyridine rings is 1. The number of rotatable bonds is 14. The minimum atomic E-state index is -0.765. The number of piperidine rings is 4. The van der Waals surface area contributed by atoms with Gasteiger partial charge in [-0.25, -0.2) is 0 Å². The predicted molar refractivity (Wildman–Crippen MR) is 200 cm³/mol. The quantitative estimate of drug-likeness (QED) is 0.124. The Kier molecular flexibility index (Phi) is 11.4. The fourth-order valence-corrected chi connectivity index (χ4v) is 8.78. The second-order valence-electron chi connectivity index (χ2n) is 14.8. The van der Waals surface area contributed by atoms with Gasteiger partial charge >= 0.3 is 0 Å². The van der Waals surface area contributed by atoms with Crippen molar-refractivity contribution in [1.29, 1.82) is 0 Å². The van der Waals surface area contributed by atoms with Crippen LogP contribution in [0.3, 0.4) is 0 Å². The number of likely N-dealkylation sites (tertiary alicyclic amines) is 1. The zero-order valence-corrected chi connectivity index (χ0v) is 29.5. The maximum absolute atomic E-state index is 13.9. The molecular weight excluding hydrogens is 640 g/mol. The first-order valence-electron chi connectivity index (χ1n) is 18.9. The Bertz CT molecular complexity index is 1800. The van der Waals surface area contributed by atoms with Crippen LogP contribution in [0.4, 0.5) is 0 Å². The number of ether oxygens (including phenoxy) is 1. The van der Waals surface area contributed by atoms with Gasteiger partial charge in [-0.05, 0) is 123 Å². The smallest absolute Gasteiger partial charge is 0.248 e. The van der Waals surface area contributed by atoms with Crippen LogP contribution in [-0.2, 0) is 11.2 Å². The van der Waals surface area contributed by atoms with Crippen LogP contribution in [0.15, 0.2) is 83.7 Å². The van der Waals surface area contributed by atoms with Gasteiger partial charge in [-0.15, -0.1) is 0 Å². The third-order valence-corrected chi connectivity index (χ3v) is 11.6. The Hall–Kier alpha value is -4.18. The number of phenols is 1. The zero-order chi connectivity index (χ0) is 35.2. The van der Waals surface area contributed by atoms with Crippen LogP contribution in [0.5, 0.6) is 11.5 Å². The highest BCUT2D eigenvalue weighted by Gasteiger charge is 2.44. The molecular formula is C42H52N4O5. The molecule has 9 heteroatoms. The van der Waals surface area contributed by atoms with Gasteiger partial charge in [0.25, 0.3) is 0 Å². The highest BCUT2D eigenvalue weighted by Crippen LogP contribution is 2.42. The van der Waals surface area contributed by atoms with Crippen LogP contribution in [0.2, 0.25) is 0 Å². The van der Waals surface area contributed by atoms with E-state index in [-0.39, 0.29) is 17.2 Å². The van der Waals surface area contributed by atoms with E-state index >= 15 is 0 Å². The van der Waals surface area contributed by atoms with Gasteiger partial charge in [0.05, 0.1) is 24.6 Å². The van der Waals surface area contributed by atoms with Crippen LogP contribution in [-0.4, -0.2) is 82.8 Å². The monoisotopic (exact) mass is 692 g/mol. The lowest BCUT2D eigenvalue weighted by molar-refractivity contribution is -0.138. The van der Waals surface area contributed by atoms with Gasteiger partial charge in [-0.1, -0.05) is 48.5 Å². The molecule has 51 heavy (non-hydrogen) atoms. The van der Waals surface area contributed by atoms with Gasteiger partial charge in [-0.2, -0.15) is 0 Å². The number of nitrogens with zero attached hydrogens (tertiary/aromatic N) is 2. The van der Waals surface area contributed by atoms with E-state index in [1.54, 1.807) is 12.1 Å². The fraction of sp³-hybridized carbons (Fsp3) is 0.476. The lowest BCUT2D eigenvalue weighted by atomic mass is 9.70. The molecule has 2 bridgehead atoms. The first-order valence-corrected chi connectivity index (χ1v) is 18.9. The standard InChI is InChI=1S/C42H52N4O5/c47-38-15-13-34(35-14-16-40(49)44-42(35)38)39(48)27-43-20-5-2-6-24-51-33-11-9-29(10-12-33)25-41(50)46-23-19-32(30-7-3-1-4-8-30)26-37(46)36-28-45-21-17-31(36)18-22-45/h1,3-4,7-16,31-32,36-37,39,43,47-48H,2,5-6,17-28H2,(H,44,49). The van der Waals surface area contributed by atoms with Gasteiger partial charge in [0.1, 0.15) is 11.5 Å². The summed E-state index contributed by atoms with van der Waals surface area (Å²) in [6, 6.07) is 25.5. The highest BCUT2D eigenvalue weighted by molar-refractivity contribution is 5.87. The number of carbonyl (C=O) groups excluding carboxylic acids is 1. The minimum absolute atomic E-state index is 0.0156. The van der Waals surface area contributed by atoms with Crippen LogP contribution in [0, 0.1) is 11.8 Å². The van der Waals surface area contributed by atoms with Crippen molar-refractivity contribution < 1.29 is 19.7 Å². The first-order chi connectivity index (χ1) is 24.9. The topological polar surface area (TPSA) is 118 Å². The molecule has 4 N–H and O–H groups in total. The lowest BCUT2D eigenvalue weighted by Crippen LogP contribution is -2.58.